The molecule has 0 aliphatic heterocycles. The Morgan fingerprint density at radius 1 is 1.20 bits per heavy atom. The first-order valence-corrected chi connectivity index (χ1v) is 8.12. The SMILES string of the molecule is CCCNC(c1cccc(OC(C)C)c1)c1cccs1. The largest absolute Gasteiger partial charge is 0.491 e. The summed E-state index contributed by atoms with van der Waals surface area (Å²) in [6.07, 6.45) is 1.33. The minimum atomic E-state index is 0.203. The molecule has 0 aliphatic carbocycles. The first-order chi connectivity index (χ1) is 9.70. The van der Waals surface area contributed by atoms with Gasteiger partial charge >= 0.3 is 0 Å². The van der Waals surface area contributed by atoms with E-state index >= 15 is 0 Å². The van der Waals surface area contributed by atoms with E-state index in [0.717, 1.165) is 18.7 Å². The number of nitrogens with one attached hydrogen (secondary N) is 1. The Kier molecular flexibility index (Phi) is 5.62. The molecule has 1 atom stereocenters. The second kappa shape index (κ2) is 7.46. The Labute approximate surface area is 125 Å². The first kappa shape index (κ1) is 15.1. The zero-order valence-electron chi connectivity index (χ0n) is 12.4. The number of ether oxygens (including phenoxy) is 1. The maximum Gasteiger partial charge on any atom is 0.120 e. The van der Waals surface area contributed by atoms with E-state index in [2.05, 4.69) is 61.8 Å². The molecule has 0 aliphatic rings. The number of rotatable bonds is 7. The van der Waals surface area contributed by atoms with E-state index in [1.807, 2.05) is 6.07 Å². The maximum absolute atomic E-state index is 5.80. The molecule has 0 radical (unpaired) electrons. The van der Waals surface area contributed by atoms with Gasteiger partial charge in [0.1, 0.15) is 5.75 Å². The van der Waals surface area contributed by atoms with E-state index in [1.165, 1.54) is 10.4 Å². The van der Waals surface area contributed by atoms with Crippen molar-refractivity contribution < 1.29 is 4.74 Å². The molecule has 2 nitrogen and oxygen atoms in total. The Morgan fingerprint density at radius 2 is 2.05 bits per heavy atom. The van der Waals surface area contributed by atoms with Gasteiger partial charge < -0.3 is 10.1 Å². The predicted molar refractivity (Wildman–Crippen MR) is 86.7 cm³/mol. The van der Waals surface area contributed by atoms with Crippen LogP contribution in [0.4, 0.5) is 0 Å². The van der Waals surface area contributed by atoms with E-state index in [0.29, 0.717) is 0 Å². The van der Waals surface area contributed by atoms with Crippen LogP contribution in [0.5, 0.6) is 5.75 Å². The highest BCUT2D eigenvalue weighted by molar-refractivity contribution is 7.10. The first-order valence-electron chi connectivity index (χ1n) is 7.24. The van der Waals surface area contributed by atoms with E-state index in [4.69, 9.17) is 4.74 Å². The second-order valence-corrected chi connectivity index (χ2v) is 6.12. The van der Waals surface area contributed by atoms with Gasteiger partial charge in [0.25, 0.3) is 0 Å². The number of hydrogen-bond donors (Lipinski definition) is 1. The van der Waals surface area contributed by atoms with Gasteiger partial charge in [-0.1, -0.05) is 25.1 Å². The summed E-state index contributed by atoms with van der Waals surface area (Å²) in [5, 5.41) is 5.75. The van der Waals surface area contributed by atoms with Crippen molar-refractivity contribution in [3.05, 3.63) is 52.2 Å². The topological polar surface area (TPSA) is 21.3 Å². The Bertz CT molecular complexity index is 507. The van der Waals surface area contributed by atoms with Gasteiger partial charge in [-0.15, -0.1) is 11.3 Å². The second-order valence-electron chi connectivity index (χ2n) is 5.14. The van der Waals surface area contributed by atoms with Crippen molar-refractivity contribution in [3.63, 3.8) is 0 Å². The summed E-state index contributed by atoms with van der Waals surface area (Å²) in [6, 6.07) is 13.0. The van der Waals surface area contributed by atoms with Gasteiger partial charge in [-0.3, -0.25) is 0 Å². The lowest BCUT2D eigenvalue weighted by atomic mass is 10.0. The van der Waals surface area contributed by atoms with Crippen molar-refractivity contribution in [1.82, 2.24) is 5.32 Å². The molecule has 0 bridgehead atoms. The molecular weight excluding hydrogens is 266 g/mol. The molecular formula is C17H23NOS. The van der Waals surface area contributed by atoms with Crippen LogP contribution in [0.1, 0.15) is 43.7 Å². The summed E-state index contributed by atoms with van der Waals surface area (Å²) < 4.78 is 5.80. The number of benzene rings is 1. The predicted octanol–water partition coefficient (Wildman–Crippen LogP) is 4.62. The summed E-state index contributed by atoms with van der Waals surface area (Å²) in [5.41, 5.74) is 1.26. The minimum absolute atomic E-state index is 0.203. The Morgan fingerprint density at radius 3 is 2.70 bits per heavy atom. The highest BCUT2D eigenvalue weighted by atomic mass is 32.1. The van der Waals surface area contributed by atoms with Crippen molar-refractivity contribution in [2.45, 2.75) is 39.3 Å². The van der Waals surface area contributed by atoms with Crippen LogP contribution in [-0.2, 0) is 0 Å². The average molecular weight is 289 g/mol. The normalized spacial score (nSPS) is 12.6. The molecule has 108 valence electrons. The van der Waals surface area contributed by atoms with Gasteiger partial charge in [-0.05, 0) is 56.0 Å². The molecule has 0 spiro atoms. The third-order valence-electron chi connectivity index (χ3n) is 2.99. The summed E-state index contributed by atoms with van der Waals surface area (Å²) in [4.78, 5) is 1.35. The molecule has 1 aromatic carbocycles. The van der Waals surface area contributed by atoms with Crippen molar-refractivity contribution in [3.8, 4) is 5.75 Å². The molecule has 1 aromatic heterocycles. The summed E-state index contributed by atoms with van der Waals surface area (Å²) in [7, 11) is 0. The fourth-order valence-corrected chi connectivity index (χ4v) is 2.99. The average Bonchev–Trinajstić information content (AvgIpc) is 2.93. The molecule has 20 heavy (non-hydrogen) atoms. The van der Waals surface area contributed by atoms with Gasteiger partial charge in [0.2, 0.25) is 0 Å². The summed E-state index contributed by atoms with van der Waals surface area (Å²) >= 11 is 1.79. The molecule has 2 aromatic rings. The molecule has 2 rings (SSSR count). The lowest BCUT2D eigenvalue weighted by Crippen LogP contribution is -2.22. The summed E-state index contributed by atoms with van der Waals surface area (Å²) in [6.45, 7) is 7.31. The maximum atomic E-state index is 5.80. The van der Waals surface area contributed by atoms with Crippen LogP contribution in [0.2, 0.25) is 0 Å². The molecule has 0 saturated carbocycles. The molecule has 0 fully saturated rings. The smallest absolute Gasteiger partial charge is 0.120 e. The molecule has 3 heteroatoms. The fraction of sp³-hybridized carbons (Fsp3) is 0.412. The van der Waals surface area contributed by atoms with Gasteiger partial charge in [0, 0.05) is 4.88 Å². The van der Waals surface area contributed by atoms with Gasteiger partial charge in [-0.25, -0.2) is 0 Å². The number of hydrogen-bond acceptors (Lipinski definition) is 3. The van der Waals surface area contributed by atoms with Gasteiger partial charge in [-0.2, -0.15) is 0 Å². The van der Waals surface area contributed by atoms with Crippen molar-refractivity contribution in [2.75, 3.05) is 6.54 Å². The standard InChI is InChI=1S/C17H23NOS/c1-4-10-18-17(16-9-6-11-20-16)14-7-5-8-15(12-14)19-13(2)3/h5-9,11-13,17-18H,4,10H2,1-3H3. The van der Waals surface area contributed by atoms with Crippen LogP contribution < -0.4 is 10.1 Å². The molecule has 1 N–H and O–H groups in total. The molecule has 0 amide bonds. The minimum Gasteiger partial charge on any atom is -0.491 e. The van der Waals surface area contributed by atoms with Crippen molar-refractivity contribution in [2.24, 2.45) is 0 Å². The van der Waals surface area contributed by atoms with Crippen LogP contribution in [0, 0.1) is 0 Å². The lowest BCUT2D eigenvalue weighted by molar-refractivity contribution is 0.242. The lowest BCUT2D eigenvalue weighted by Gasteiger charge is -2.19. The van der Waals surface area contributed by atoms with Crippen LogP contribution in [-0.4, -0.2) is 12.6 Å². The van der Waals surface area contributed by atoms with Crippen LogP contribution >= 0.6 is 11.3 Å². The Hall–Kier alpha value is -1.32. The molecule has 1 unspecified atom stereocenters. The van der Waals surface area contributed by atoms with Crippen molar-refractivity contribution in [1.29, 1.82) is 0 Å². The zero-order valence-corrected chi connectivity index (χ0v) is 13.2. The van der Waals surface area contributed by atoms with E-state index in [9.17, 15) is 0 Å². The van der Waals surface area contributed by atoms with E-state index in [1.54, 1.807) is 11.3 Å². The van der Waals surface area contributed by atoms with E-state index in [-0.39, 0.29) is 12.1 Å². The van der Waals surface area contributed by atoms with Crippen LogP contribution in [0.3, 0.4) is 0 Å². The van der Waals surface area contributed by atoms with Gasteiger partial charge in [0.05, 0.1) is 12.1 Å². The van der Waals surface area contributed by atoms with Crippen LogP contribution in [0.15, 0.2) is 41.8 Å². The van der Waals surface area contributed by atoms with Gasteiger partial charge in [0.15, 0.2) is 0 Å². The summed E-state index contributed by atoms with van der Waals surface area (Å²) in [5.74, 6) is 0.942. The molecule has 1 heterocycles. The fourth-order valence-electron chi connectivity index (χ4n) is 2.17. The van der Waals surface area contributed by atoms with E-state index < -0.39 is 0 Å². The highest BCUT2D eigenvalue weighted by Gasteiger charge is 2.15. The zero-order chi connectivity index (χ0) is 14.4. The third kappa shape index (κ3) is 4.09. The molecule has 0 saturated heterocycles. The van der Waals surface area contributed by atoms with Crippen LogP contribution in [0.25, 0.3) is 0 Å². The third-order valence-corrected chi connectivity index (χ3v) is 3.93. The monoisotopic (exact) mass is 289 g/mol. The Balaban J connectivity index is 2.24. The number of thiophene rings is 1. The van der Waals surface area contributed by atoms with Crippen molar-refractivity contribution >= 4 is 11.3 Å². The quantitative estimate of drug-likeness (QED) is 0.802. The highest BCUT2D eigenvalue weighted by Crippen LogP contribution is 2.28.